The summed E-state index contributed by atoms with van der Waals surface area (Å²) in [4.78, 5) is 11.8. The lowest BCUT2D eigenvalue weighted by Crippen LogP contribution is -2.19. The molecule has 0 atom stereocenters. The van der Waals surface area contributed by atoms with E-state index in [0.717, 1.165) is 16.9 Å². The molecule has 0 spiro atoms. The lowest BCUT2D eigenvalue weighted by atomic mass is 10.2. The second-order valence-corrected chi connectivity index (χ2v) is 7.13. The minimum Gasteiger partial charge on any atom is -0.490 e. The number of benzene rings is 2. The van der Waals surface area contributed by atoms with E-state index in [1.807, 2.05) is 55.5 Å². The molecular weight excluding hydrogens is 390 g/mol. The fourth-order valence-corrected chi connectivity index (χ4v) is 3.02. The van der Waals surface area contributed by atoms with Gasteiger partial charge in [0.1, 0.15) is 29.7 Å². The van der Waals surface area contributed by atoms with E-state index in [0.29, 0.717) is 29.1 Å². The smallest absolute Gasteiger partial charge is 0.247 e. The maximum atomic E-state index is 11.8. The quantitative estimate of drug-likeness (QED) is 0.318. The van der Waals surface area contributed by atoms with Crippen molar-refractivity contribution in [1.82, 2.24) is 15.6 Å². The molecule has 0 aliphatic rings. The van der Waals surface area contributed by atoms with Crippen molar-refractivity contribution in [3.8, 4) is 11.5 Å². The molecule has 3 aromatic rings. The molecule has 3 rings (SSSR count). The van der Waals surface area contributed by atoms with Crippen LogP contribution in [0.25, 0.3) is 0 Å². The Morgan fingerprint density at radius 1 is 1.17 bits per heavy atom. The molecule has 0 aliphatic carbocycles. The molecule has 9 heteroatoms. The Bertz CT molecular complexity index is 990. The molecule has 0 bridgehead atoms. The van der Waals surface area contributed by atoms with Crippen LogP contribution >= 0.6 is 11.3 Å². The molecular formula is C20H21N5O3S. The normalized spacial score (nSPS) is 10.8. The van der Waals surface area contributed by atoms with E-state index in [-0.39, 0.29) is 12.3 Å². The predicted octanol–water partition coefficient (Wildman–Crippen LogP) is 2.58. The Labute approximate surface area is 172 Å². The number of nitrogen functional groups attached to an aromatic ring is 1. The van der Waals surface area contributed by atoms with Crippen molar-refractivity contribution >= 4 is 28.6 Å². The van der Waals surface area contributed by atoms with Crippen LogP contribution in [0.1, 0.15) is 16.1 Å². The maximum absolute atomic E-state index is 11.8. The summed E-state index contributed by atoms with van der Waals surface area (Å²) < 4.78 is 11.4. The van der Waals surface area contributed by atoms with Crippen molar-refractivity contribution in [2.45, 2.75) is 13.3 Å². The average Bonchev–Trinajstić information content (AvgIpc) is 3.11. The zero-order valence-electron chi connectivity index (χ0n) is 15.9. The van der Waals surface area contributed by atoms with Crippen molar-refractivity contribution in [2.75, 3.05) is 18.9 Å². The van der Waals surface area contributed by atoms with Gasteiger partial charge in [0.25, 0.3) is 0 Å². The molecule has 1 amide bonds. The number of nitrogens with zero attached hydrogens (tertiary/aromatic N) is 3. The van der Waals surface area contributed by atoms with Gasteiger partial charge in [-0.05, 0) is 36.2 Å². The first-order valence-electron chi connectivity index (χ1n) is 8.91. The van der Waals surface area contributed by atoms with Crippen LogP contribution in [-0.4, -0.2) is 35.5 Å². The van der Waals surface area contributed by atoms with Gasteiger partial charge in [-0.3, -0.25) is 4.79 Å². The molecule has 0 fully saturated rings. The minimum absolute atomic E-state index is 0.0796. The molecule has 0 unspecified atom stereocenters. The third kappa shape index (κ3) is 6.58. The van der Waals surface area contributed by atoms with E-state index in [1.54, 1.807) is 6.21 Å². The van der Waals surface area contributed by atoms with Crippen molar-refractivity contribution in [3.63, 3.8) is 0 Å². The van der Waals surface area contributed by atoms with Gasteiger partial charge in [0.15, 0.2) is 0 Å². The number of hydrazone groups is 1. The standard InChI is InChI=1S/C20H21N5O3S/c1-14-5-2-3-8-17(14)28-10-9-27-16-7-4-6-15(11-16)13-22-23-18(26)12-19-24-25-20(21)29-19/h2-8,11,13H,9-10,12H2,1H3,(H2,21,25)(H,23,26). The maximum Gasteiger partial charge on any atom is 0.247 e. The van der Waals surface area contributed by atoms with Crippen molar-refractivity contribution < 1.29 is 14.3 Å². The molecule has 150 valence electrons. The first-order chi connectivity index (χ1) is 14.1. The number of carbonyl (C=O) groups is 1. The van der Waals surface area contributed by atoms with Gasteiger partial charge in [0.05, 0.1) is 12.6 Å². The van der Waals surface area contributed by atoms with Gasteiger partial charge in [0, 0.05) is 0 Å². The van der Waals surface area contributed by atoms with Gasteiger partial charge in [-0.25, -0.2) is 5.43 Å². The topological polar surface area (TPSA) is 112 Å². The van der Waals surface area contributed by atoms with Gasteiger partial charge in [-0.1, -0.05) is 41.7 Å². The van der Waals surface area contributed by atoms with Crippen LogP contribution in [0.4, 0.5) is 5.13 Å². The first-order valence-corrected chi connectivity index (χ1v) is 9.73. The number of rotatable bonds is 9. The summed E-state index contributed by atoms with van der Waals surface area (Å²) >= 11 is 1.17. The summed E-state index contributed by atoms with van der Waals surface area (Å²) in [6.45, 7) is 2.85. The van der Waals surface area contributed by atoms with E-state index in [4.69, 9.17) is 15.2 Å². The van der Waals surface area contributed by atoms with Crippen molar-refractivity contribution in [1.29, 1.82) is 0 Å². The number of amides is 1. The largest absolute Gasteiger partial charge is 0.490 e. The van der Waals surface area contributed by atoms with Crippen LogP contribution in [0.2, 0.25) is 0 Å². The fraction of sp³-hybridized carbons (Fsp3) is 0.200. The molecule has 0 saturated carbocycles. The third-order valence-corrected chi connectivity index (χ3v) is 4.51. The predicted molar refractivity (Wildman–Crippen MR) is 112 cm³/mol. The number of hydrogen-bond acceptors (Lipinski definition) is 8. The van der Waals surface area contributed by atoms with E-state index in [2.05, 4.69) is 20.7 Å². The molecule has 0 aliphatic heterocycles. The highest BCUT2D eigenvalue weighted by molar-refractivity contribution is 7.15. The molecule has 8 nitrogen and oxygen atoms in total. The van der Waals surface area contributed by atoms with Crippen molar-refractivity contribution in [2.24, 2.45) is 5.10 Å². The van der Waals surface area contributed by atoms with E-state index >= 15 is 0 Å². The van der Waals surface area contributed by atoms with Gasteiger partial charge < -0.3 is 15.2 Å². The summed E-state index contributed by atoms with van der Waals surface area (Å²) in [6, 6.07) is 15.2. The van der Waals surface area contributed by atoms with E-state index < -0.39 is 0 Å². The SMILES string of the molecule is Cc1ccccc1OCCOc1cccc(C=NNC(=O)Cc2nnc(N)s2)c1. The summed E-state index contributed by atoms with van der Waals surface area (Å²) in [7, 11) is 0. The molecule has 0 radical (unpaired) electrons. The van der Waals surface area contributed by atoms with Crippen LogP contribution in [0.15, 0.2) is 53.6 Å². The lowest BCUT2D eigenvalue weighted by Gasteiger charge is -2.10. The Morgan fingerprint density at radius 3 is 2.79 bits per heavy atom. The van der Waals surface area contributed by atoms with Crippen LogP contribution in [0.3, 0.4) is 0 Å². The number of nitrogens with two attached hydrogens (primary N) is 1. The molecule has 2 aromatic carbocycles. The minimum atomic E-state index is -0.293. The number of aromatic nitrogens is 2. The zero-order valence-corrected chi connectivity index (χ0v) is 16.7. The molecule has 0 saturated heterocycles. The first kappa shape index (κ1) is 20.3. The highest BCUT2D eigenvalue weighted by Gasteiger charge is 2.07. The van der Waals surface area contributed by atoms with Crippen molar-refractivity contribution in [3.05, 3.63) is 64.7 Å². The van der Waals surface area contributed by atoms with Gasteiger partial charge in [-0.2, -0.15) is 5.10 Å². The molecule has 1 aromatic heterocycles. The summed E-state index contributed by atoms with van der Waals surface area (Å²) in [6.07, 6.45) is 1.62. The summed E-state index contributed by atoms with van der Waals surface area (Å²) in [5.41, 5.74) is 9.82. The summed E-state index contributed by atoms with van der Waals surface area (Å²) in [5, 5.41) is 12.3. The van der Waals surface area contributed by atoms with E-state index in [1.165, 1.54) is 11.3 Å². The molecule has 1 heterocycles. The van der Waals surface area contributed by atoms with Crippen LogP contribution in [0, 0.1) is 6.92 Å². The summed E-state index contributed by atoms with van der Waals surface area (Å²) in [5.74, 6) is 1.25. The number of aryl methyl sites for hydroxylation is 1. The molecule has 29 heavy (non-hydrogen) atoms. The monoisotopic (exact) mass is 411 g/mol. The third-order valence-electron chi connectivity index (χ3n) is 3.76. The zero-order chi connectivity index (χ0) is 20.5. The lowest BCUT2D eigenvalue weighted by molar-refractivity contribution is -0.120. The Hall–Kier alpha value is -3.46. The second-order valence-electron chi connectivity index (χ2n) is 6.04. The van der Waals surface area contributed by atoms with Crippen LogP contribution < -0.4 is 20.6 Å². The Morgan fingerprint density at radius 2 is 2.00 bits per heavy atom. The number of nitrogens with one attached hydrogen (secondary N) is 1. The Kier molecular flexibility index (Phi) is 7.12. The van der Waals surface area contributed by atoms with Crippen LogP contribution in [0.5, 0.6) is 11.5 Å². The Balaban J connectivity index is 1.43. The van der Waals surface area contributed by atoms with Crippen LogP contribution in [-0.2, 0) is 11.2 Å². The number of carbonyl (C=O) groups excluding carboxylic acids is 1. The highest BCUT2D eigenvalue weighted by atomic mass is 32.1. The average molecular weight is 411 g/mol. The van der Waals surface area contributed by atoms with E-state index in [9.17, 15) is 4.79 Å². The number of hydrogen-bond donors (Lipinski definition) is 2. The fourth-order valence-electron chi connectivity index (χ4n) is 2.41. The van der Waals surface area contributed by atoms with Gasteiger partial charge in [0.2, 0.25) is 11.0 Å². The number of para-hydroxylation sites is 1. The number of anilines is 1. The molecule has 3 N–H and O–H groups in total. The second kappa shape index (κ2) is 10.2. The highest BCUT2D eigenvalue weighted by Crippen LogP contribution is 2.16. The van der Waals surface area contributed by atoms with Gasteiger partial charge >= 0.3 is 0 Å². The number of ether oxygens (including phenoxy) is 2. The van der Waals surface area contributed by atoms with Gasteiger partial charge in [-0.15, -0.1) is 10.2 Å².